The largest absolute Gasteiger partial charge is 0.494 e. The van der Waals surface area contributed by atoms with Crippen LogP contribution >= 0.6 is 0 Å². The number of sulfonamides is 1. The highest BCUT2D eigenvalue weighted by Crippen LogP contribution is 2.24. The summed E-state index contributed by atoms with van der Waals surface area (Å²) in [5.41, 5.74) is 1.63. The topological polar surface area (TPSA) is 103 Å². The minimum Gasteiger partial charge on any atom is -0.494 e. The zero-order valence-corrected chi connectivity index (χ0v) is 20.1. The first-order chi connectivity index (χ1) is 16.3. The number of rotatable bonds is 11. The molecule has 0 fully saturated rings. The maximum absolute atomic E-state index is 12.8. The van der Waals surface area contributed by atoms with Crippen LogP contribution in [-0.2, 0) is 14.8 Å². The predicted octanol–water partition coefficient (Wildman–Crippen LogP) is 4.61. The molecular formula is C25H28N2O6S. The van der Waals surface area contributed by atoms with Crippen molar-refractivity contribution in [3.8, 4) is 17.2 Å². The van der Waals surface area contributed by atoms with Crippen LogP contribution in [0.25, 0.3) is 0 Å². The number of ether oxygens (including phenoxy) is 3. The van der Waals surface area contributed by atoms with Gasteiger partial charge in [0.1, 0.15) is 17.2 Å². The van der Waals surface area contributed by atoms with Crippen molar-refractivity contribution < 1.29 is 27.4 Å². The third-order valence-electron chi connectivity index (χ3n) is 4.68. The van der Waals surface area contributed by atoms with Gasteiger partial charge < -0.3 is 19.5 Å². The number of aryl methyl sites for hydroxylation is 1. The molecule has 8 nitrogen and oxygen atoms in total. The second kappa shape index (κ2) is 11.4. The van der Waals surface area contributed by atoms with E-state index in [1.165, 1.54) is 18.2 Å². The Hall–Kier alpha value is -3.72. The Balaban J connectivity index is 1.58. The van der Waals surface area contributed by atoms with Gasteiger partial charge in [0, 0.05) is 11.4 Å². The first-order valence-corrected chi connectivity index (χ1v) is 12.3. The van der Waals surface area contributed by atoms with Crippen LogP contribution in [0.15, 0.2) is 71.6 Å². The summed E-state index contributed by atoms with van der Waals surface area (Å²) in [6, 6.07) is 18.1. The smallest absolute Gasteiger partial charge is 0.262 e. The van der Waals surface area contributed by atoms with E-state index in [1.807, 2.05) is 13.8 Å². The highest BCUT2D eigenvalue weighted by molar-refractivity contribution is 7.92. The molecule has 1 amide bonds. The highest BCUT2D eigenvalue weighted by atomic mass is 32.2. The number of hydrogen-bond acceptors (Lipinski definition) is 6. The van der Waals surface area contributed by atoms with Gasteiger partial charge in [-0.25, -0.2) is 8.42 Å². The Morgan fingerprint density at radius 2 is 1.35 bits per heavy atom. The molecule has 3 rings (SSSR count). The number of nitrogens with one attached hydrogen (secondary N) is 2. The minimum atomic E-state index is -3.79. The van der Waals surface area contributed by atoms with E-state index in [1.54, 1.807) is 55.5 Å². The summed E-state index contributed by atoms with van der Waals surface area (Å²) in [6.07, 6.45) is 0. The molecule has 180 valence electrons. The normalized spacial score (nSPS) is 10.9. The maximum atomic E-state index is 12.8. The summed E-state index contributed by atoms with van der Waals surface area (Å²) < 4.78 is 44.4. The lowest BCUT2D eigenvalue weighted by Crippen LogP contribution is -2.20. The second-order valence-electron chi connectivity index (χ2n) is 7.28. The van der Waals surface area contributed by atoms with Gasteiger partial charge in [-0.3, -0.25) is 9.52 Å². The van der Waals surface area contributed by atoms with E-state index in [-0.39, 0.29) is 17.4 Å². The summed E-state index contributed by atoms with van der Waals surface area (Å²) in [6.45, 7) is 6.37. The van der Waals surface area contributed by atoms with Gasteiger partial charge >= 0.3 is 0 Å². The average molecular weight is 485 g/mol. The van der Waals surface area contributed by atoms with E-state index in [2.05, 4.69) is 10.0 Å². The molecule has 3 aromatic rings. The van der Waals surface area contributed by atoms with E-state index in [4.69, 9.17) is 14.2 Å². The Kier molecular flexibility index (Phi) is 8.37. The van der Waals surface area contributed by atoms with E-state index >= 15 is 0 Å². The highest BCUT2D eigenvalue weighted by Gasteiger charge is 2.16. The number of benzene rings is 3. The van der Waals surface area contributed by atoms with Crippen molar-refractivity contribution in [3.05, 3.63) is 72.3 Å². The van der Waals surface area contributed by atoms with Gasteiger partial charge in [0.15, 0.2) is 6.61 Å². The SMILES string of the molecule is CCOc1ccc(NC(=O)COc2ccc(S(=O)(=O)Nc3ccc(OCC)cc3)cc2C)cc1. The molecule has 9 heteroatoms. The number of anilines is 2. The zero-order chi connectivity index (χ0) is 24.6. The Labute approximate surface area is 199 Å². The number of carbonyl (C=O) groups excluding carboxylic acids is 1. The predicted molar refractivity (Wildman–Crippen MR) is 131 cm³/mol. The standard InChI is InChI=1S/C25H28N2O6S/c1-4-31-21-10-6-19(7-11-21)26-25(28)17-33-24-15-14-23(16-18(24)3)34(29,30)27-20-8-12-22(13-9-20)32-5-2/h6-16,27H,4-5,17H2,1-3H3,(H,26,28). The van der Waals surface area contributed by atoms with Crippen molar-refractivity contribution in [3.63, 3.8) is 0 Å². The van der Waals surface area contributed by atoms with Gasteiger partial charge in [-0.2, -0.15) is 0 Å². The molecule has 0 atom stereocenters. The van der Waals surface area contributed by atoms with Gasteiger partial charge in [-0.1, -0.05) is 0 Å². The molecule has 0 bridgehead atoms. The number of carbonyl (C=O) groups is 1. The fourth-order valence-electron chi connectivity index (χ4n) is 3.09. The van der Waals surface area contributed by atoms with Crippen LogP contribution in [-0.4, -0.2) is 34.1 Å². The van der Waals surface area contributed by atoms with Gasteiger partial charge in [-0.15, -0.1) is 0 Å². The summed E-state index contributed by atoms with van der Waals surface area (Å²) in [5, 5.41) is 2.74. The Bertz CT molecular complexity index is 1210. The maximum Gasteiger partial charge on any atom is 0.262 e. The molecular weight excluding hydrogens is 456 g/mol. The van der Waals surface area contributed by atoms with E-state index < -0.39 is 10.0 Å². The summed E-state index contributed by atoms with van der Waals surface area (Å²) in [7, 11) is -3.79. The van der Waals surface area contributed by atoms with Crippen LogP contribution in [0.4, 0.5) is 11.4 Å². The Morgan fingerprint density at radius 1 is 0.794 bits per heavy atom. The van der Waals surface area contributed by atoms with Crippen LogP contribution in [0, 0.1) is 6.92 Å². The quantitative estimate of drug-likeness (QED) is 0.412. The molecule has 34 heavy (non-hydrogen) atoms. The van der Waals surface area contributed by atoms with Crippen molar-refractivity contribution in [1.82, 2.24) is 0 Å². The molecule has 0 saturated carbocycles. The van der Waals surface area contributed by atoms with E-state index in [0.717, 1.165) is 5.75 Å². The second-order valence-corrected chi connectivity index (χ2v) is 8.97. The number of amides is 1. The Morgan fingerprint density at radius 3 is 1.88 bits per heavy atom. The lowest BCUT2D eigenvalue weighted by molar-refractivity contribution is -0.118. The lowest BCUT2D eigenvalue weighted by Gasteiger charge is -2.13. The molecule has 0 aliphatic carbocycles. The molecule has 0 spiro atoms. The number of hydrogen-bond donors (Lipinski definition) is 2. The van der Waals surface area contributed by atoms with Crippen LogP contribution in [0.1, 0.15) is 19.4 Å². The molecule has 0 aromatic heterocycles. The van der Waals surface area contributed by atoms with Gasteiger partial charge in [0.25, 0.3) is 15.9 Å². The van der Waals surface area contributed by atoms with Crippen molar-refractivity contribution >= 4 is 27.3 Å². The molecule has 0 unspecified atom stereocenters. The summed E-state index contributed by atoms with van der Waals surface area (Å²) in [5.74, 6) is 1.47. The van der Waals surface area contributed by atoms with Gasteiger partial charge in [0.05, 0.1) is 18.1 Å². The lowest BCUT2D eigenvalue weighted by atomic mass is 10.2. The van der Waals surface area contributed by atoms with Crippen LogP contribution in [0.5, 0.6) is 17.2 Å². The van der Waals surface area contributed by atoms with Crippen molar-refractivity contribution in [2.75, 3.05) is 29.9 Å². The van der Waals surface area contributed by atoms with Crippen LogP contribution in [0.3, 0.4) is 0 Å². The fourth-order valence-corrected chi connectivity index (χ4v) is 4.24. The molecule has 2 N–H and O–H groups in total. The van der Waals surface area contributed by atoms with Gasteiger partial charge in [-0.05, 0) is 93.1 Å². The molecule has 0 heterocycles. The monoisotopic (exact) mass is 484 g/mol. The molecule has 0 saturated heterocycles. The molecule has 3 aromatic carbocycles. The van der Waals surface area contributed by atoms with E-state index in [0.29, 0.717) is 41.7 Å². The van der Waals surface area contributed by atoms with Crippen molar-refractivity contribution in [2.24, 2.45) is 0 Å². The van der Waals surface area contributed by atoms with Crippen LogP contribution < -0.4 is 24.2 Å². The molecule has 0 radical (unpaired) electrons. The first kappa shape index (κ1) is 24.9. The molecule has 0 aliphatic rings. The average Bonchev–Trinajstić information content (AvgIpc) is 2.81. The minimum absolute atomic E-state index is 0.0880. The van der Waals surface area contributed by atoms with E-state index in [9.17, 15) is 13.2 Å². The van der Waals surface area contributed by atoms with Crippen LogP contribution in [0.2, 0.25) is 0 Å². The fraction of sp³-hybridized carbons (Fsp3) is 0.240. The summed E-state index contributed by atoms with van der Waals surface area (Å²) >= 11 is 0. The van der Waals surface area contributed by atoms with Crippen molar-refractivity contribution in [2.45, 2.75) is 25.7 Å². The first-order valence-electron chi connectivity index (χ1n) is 10.8. The third-order valence-corrected chi connectivity index (χ3v) is 6.06. The molecule has 0 aliphatic heterocycles. The summed E-state index contributed by atoms with van der Waals surface area (Å²) in [4.78, 5) is 12.3. The van der Waals surface area contributed by atoms with Crippen molar-refractivity contribution in [1.29, 1.82) is 0 Å². The zero-order valence-electron chi connectivity index (χ0n) is 19.3. The van der Waals surface area contributed by atoms with Gasteiger partial charge in [0.2, 0.25) is 0 Å². The third kappa shape index (κ3) is 6.89.